The normalized spacial score (nSPS) is 15.4. The number of benzene rings is 2. The van der Waals surface area contributed by atoms with E-state index in [4.69, 9.17) is 9.57 Å². The van der Waals surface area contributed by atoms with Crippen molar-refractivity contribution < 1.29 is 19.2 Å². The fourth-order valence-electron chi connectivity index (χ4n) is 2.64. The molecule has 2 aromatic carbocycles. The van der Waals surface area contributed by atoms with Gasteiger partial charge in [0.25, 0.3) is 11.8 Å². The van der Waals surface area contributed by atoms with Gasteiger partial charge in [0.05, 0.1) is 12.8 Å². The predicted molar refractivity (Wildman–Crippen MR) is 101 cm³/mol. The van der Waals surface area contributed by atoms with Crippen molar-refractivity contribution >= 4 is 17.5 Å². The molecule has 1 heterocycles. The summed E-state index contributed by atoms with van der Waals surface area (Å²) in [4.78, 5) is 29.4. The van der Waals surface area contributed by atoms with Crippen molar-refractivity contribution in [2.45, 2.75) is 12.5 Å². The van der Waals surface area contributed by atoms with Gasteiger partial charge in [-0.15, -0.1) is 0 Å². The Hall–Kier alpha value is -3.35. The summed E-state index contributed by atoms with van der Waals surface area (Å²) in [7, 11) is 1.57. The Balaban J connectivity index is 1.38. The number of carbonyl (C=O) groups excluding carboxylic acids is 2. The smallest absolute Gasteiger partial charge is 0.264 e. The van der Waals surface area contributed by atoms with E-state index in [9.17, 15) is 9.59 Å². The van der Waals surface area contributed by atoms with E-state index in [1.54, 1.807) is 31.4 Å². The van der Waals surface area contributed by atoms with E-state index in [1.807, 2.05) is 30.3 Å². The zero-order chi connectivity index (χ0) is 19.1. The molecule has 1 aliphatic heterocycles. The van der Waals surface area contributed by atoms with Gasteiger partial charge in [-0.1, -0.05) is 35.5 Å². The van der Waals surface area contributed by atoms with Crippen LogP contribution in [0.25, 0.3) is 0 Å². The molecular formula is C20H21N3O4. The number of hydrogen-bond acceptors (Lipinski definition) is 5. The molecular weight excluding hydrogens is 346 g/mol. The first-order chi connectivity index (χ1) is 13.2. The van der Waals surface area contributed by atoms with Gasteiger partial charge in [-0.3, -0.25) is 9.59 Å². The third-order valence-electron chi connectivity index (χ3n) is 4.13. The third kappa shape index (κ3) is 4.84. The van der Waals surface area contributed by atoms with Crippen LogP contribution in [-0.4, -0.2) is 43.8 Å². The highest BCUT2D eigenvalue weighted by molar-refractivity contribution is 6.04. The van der Waals surface area contributed by atoms with Crippen molar-refractivity contribution in [2.75, 3.05) is 20.2 Å². The lowest BCUT2D eigenvalue weighted by Gasteiger charge is -2.10. The van der Waals surface area contributed by atoms with Crippen LogP contribution in [0.2, 0.25) is 0 Å². The molecule has 0 saturated carbocycles. The summed E-state index contributed by atoms with van der Waals surface area (Å²) >= 11 is 0. The van der Waals surface area contributed by atoms with Crippen LogP contribution < -0.4 is 15.4 Å². The summed E-state index contributed by atoms with van der Waals surface area (Å²) < 4.78 is 5.06. The predicted octanol–water partition coefficient (Wildman–Crippen LogP) is 1.73. The van der Waals surface area contributed by atoms with Crippen molar-refractivity contribution in [1.29, 1.82) is 0 Å². The van der Waals surface area contributed by atoms with Crippen molar-refractivity contribution in [1.82, 2.24) is 10.6 Å². The average Bonchev–Trinajstić information content (AvgIpc) is 3.22. The molecule has 3 rings (SSSR count). The number of carbonyl (C=O) groups is 2. The maximum absolute atomic E-state index is 12.2. The largest absolute Gasteiger partial charge is 0.497 e. The second-order valence-electron chi connectivity index (χ2n) is 5.98. The van der Waals surface area contributed by atoms with Gasteiger partial charge >= 0.3 is 0 Å². The van der Waals surface area contributed by atoms with Crippen LogP contribution in [0.15, 0.2) is 59.8 Å². The lowest BCUT2D eigenvalue weighted by Crippen LogP contribution is -2.39. The van der Waals surface area contributed by atoms with Gasteiger partial charge in [-0.25, -0.2) is 0 Å². The van der Waals surface area contributed by atoms with E-state index < -0.39 is 6.10 Å². The van der Waals surface area contributed by atoms with Gasteiger partial charge < -0.3 is 20.2 Å². The molecule has 1 atom stereocenters. The van der Waals surface area contributed by atoms with Crippen molar-refractivity contribution in [2.24, 2.45) is 5.16 Å². The Morgan fingerprint density at radius 1 is 1.07 bits per heavy atom. The summed E-state index contributed by atoms with van der Waals surface area (Å²) in [6, 6.07) is 16.4. The zero-order valence-corrected chi connectivity index (χ0v) is 15.0. The van der Waals surface area contributed by atoms with E-state index in [2.05, 4.69) is 15.8 Å². The number of amides is 2. The molecule has 0 aliphatic carbocycles. The van der Waals surface area contributed by atoms with Gasteiger partial charge in [-0.2, -0.15) is 0 Å². The molecule has 0 fully saturated rings. The van der Waals surface area contributed by atoms with Crippen LogP contribution in [0, 0.1) is 0 Å². The maximum Gasteiger partial charge on any atom is 0.264 e. The molecule has 0 bridgehead atoms. The number of hydrogen-bond donors (Lipinski definition) is 2. The van der Waals surface area contributed by atoms with E-state index in [0.29, 0.717) is 30.8 Å². The van der Waals surface area contributed by atoms with Crippen LogP contribution in [0.3, 0.4) is 0 Å². The summed E-state index contributed by atoms with van der Waals surface area (Å²) in [5, 5.41) is 9.50. The third-order valence-corrected chi connectivity index (χ3v) is 4.13. The first kappa shape index (κ1) is 18.4. The molecule has 7 nitrogen and oxygen atoms in total. The van der Waals surface area contributed by atoms with Crippen LogP contribution in [0.4, 0.5) is 0 Å². The molecule has 1 aliphatic rings. The Bertz CT molecular complexity index is 819. The van der Waals surface area contributed by atoms with Crippen LogP contribution in [0.5, 0.6) is 5.75 Å². The first-order valence-electron chi connectivity index (χ1n) is 8.65. The minimum absolute atomic E-state index is 0.210. The topological polar surface area (TPSA) is 89.0 Å². The highest BCUT2D eigenvalue weighted by atomic mass is 16.6. The average molecular weight is 367 g/mol. The Morgan fingerprint density at radius 2 is 1.78 bits per heavy atom. The molecule has 0 aromatic heterocycles. The van der Waals surface area contributed by atoms with E-state index in [1.165, 1.54) is 0 Å². The van der Waals surface area contributed by atoms with Crippen LogP contribution >= 0.6 is 0 Å². The Labute approximate surface area is 157 Å². The van der Waals surface area contributed by atoms with Gasteiger partial charge in [0.2, 0.25) is 6.10 Å². The molecule has 0 spiro atoms. The highest BCUT2D eigenvalue weighted by Gasteiger charge is 2.28. The molecule has 2 N–H and O–H groups in total. The summed E-state index contributed by atoms with van der Waals surface area (Å²) in [6.45, 7) is 0.622. The Morgan fingerprint density at radius 3 is 2.48 bits per heavy atom. The first-order valence-corrected chi connectivity index (χ1v) is 8.65. The monoisotopic (exact) mass is 367 g/mol. The fourth-order valence-corrected chi connectivity index (χ4v) is 2.64. The van der Waals surface area contributed by atoms with E-state index in [-0.39, 0.29) is 11.8 Å². The quantitative estimate of drug-likeness (QED) is 0.730. The lowest BCUT2D eigenvalue weighted by atomic mass is 10.0. The summed E-state index contributed by atoms with van der Waals surface area (Å²) in [5.74, 6) is 0.231. The second-order valence-corrected chi connectivity index (χ2v) is 5.98. The van der Waals surface area contributed by atoms with Gasteiger partial charge in [0.1, 0.15) is 5.75 Å². The molecule has 7 heteroatoms. The fraction of sp³-hybridized carbons (Fsp3) is 0.250. The number of ether oxygens (including phenoxy) is 1. The lowest BCUT2D eigenvalue weighted by molar-refractivity contribution is -0.131. The maximum atomic E-state index is 12.2. The number of nitrogens with one attached hydrogen (secondary N) is 2. The molecule has 27 heavy (non-hydrogen) atoms. The van der Waals surface area contributed by atoms with Gasteiger partial charge in [0, 0.05) is 25.1 Å². The molecule has 140 valence electrons. The highest BCUT2D eigenvalue weighted by Crippen LogP contribution is 2.16. The van der Waals surface area contributed by atoms with Gasteiger partial charge in [0.15, 0.2) is 0 Å². The van der Waals surface area contributed by atoms with Gasteiger partial charge in [-0.05, 0) is 29.8 Å². The molecule has 0 saturated heterocycles. The second kappa shape index (κ2) is 8.84. The summed E-state index contributed by atoms with van der Waals surface area (Å²) in [5.41, 5.74) is 2.23. The number of methoxy groups -OCH3 is 1. The SMILES string of the molecule is COc1ccc(C(=O)NCCNC(=O)C2CC(c3ccccc3)=NO2)cc1. The van der Waals surface area contributed by atoms with Crippen molar-refractivity contribution in [3.8, 4) is 5.75 Å². The Kier molecular flexibility index (Phi) is 6.04. The minimum atomic E-state index is -0.641. The van der Waals surface area contributed by atoms with Crippen molar-refractivity contribution in [3.63, 3.8) is 0 Å². The molecule has 0 radical (unpaired) electrons. The number of nitrogens with zero attached hydrogens (tertiary/aromatic N) is 1. The molecule has 2 amide bonds. The number of rotatable bonds is 7. The van der Waals surface area contributed by atoms with Crippen LogP contribution in [0.1, 0.15) is 22.3 Å². The minimum Gasteiger partial charge on any atom is -0.497 e. The number of oxime groups is 1. The standard InChI is InChI=1S/C20H21N3O4/c1-26-16-9-7-15(8-10-16)19(24)21-11-12-22-20(25)18-13-17(23-27-18)14-5-3-2-4-6-14/h2-10,18H,11-13H2,1H3,(H,21,24)(H,22,25). The van der Waals surface area contributed by atoms with E-state index >= 15 is 0 Å². The van der Waals surface area contributed by atoms with Crippen molar-refractivity contribution in [3.05, 3.63) is 65.7 Å². The molecule has 2 aromatic rings. The van der Waals surface area contributed by atoms with Crippen LogP contribution in [-0.2, 0) is 9.63 Å². The zero-order valence-electron chi connectivity index (χ0n) is 15.0. The summed E-state index contributed by atoms with van der Waals surface area (Å²) in [6.07, 6.45) is -0.217. The molecule has 1 unspecified atom stereocenters. The van der Waals surface area contributed by atoms with E-state index in [0.717, 1.165) is 11.3 Å².